The van der Waals surface area contributed by atoms with Gasteiger partial charge in [0.05, 0.1) is 5.02 Å². The van der Waals surface area contributed by atoms with Gasteiger partial charge >= 0.3 is 0 Å². The monoisotopic (exact) mass is 319 g/mol. The average molecular weight is 320 g/mol. The van der Waals surface area contributed by atoms with Gasteiger partial charge in [-0.3, -0.25) is 0 Å². The van der Waals surface area contributed by atoms with Gasteiger partial charge in [-0.15, -0.1) is 0 Å². The van der Waals surface area contributed by atoms with Crippen molar-refractivity contribution in [1.29, 1.82) is 0 Å². The molecule has 0 saturated heterocycles. The first kappa shape index (κ1) is 15.6. The topological polar surface area (TPSA) is 13.1 Å². The Labute approximate surface area is 135 Å². The van der Waals surface area contributed by atoms with E-state index in [1.165, 1.54) is 10.8 Å². The lowest BCUT2D eigenvalue weighted by Crippen LogP contribution is -3.00. The van der Waals surface area contributed by atoms with Crippen LogP contribution in [0.5, 0.6) is 5.75 Å². The first-order valence-corrected chi connectivity index (χ1v) is 6.96. The molecule has 3 aromatic rings. The molecule has 2 aromatic carbocycles. The van der Waals surface area contributed by atoms with Crippen molar-refractivity contribution in [1.82, 2.24) is 0 Å². The third-order valence-electron chi connectivity index (χ3n) is 3.19. The second-order valence-corrected chi connectivity index (χ2v) is 5.00. The predicted molar refractivity (Wildman–Crippen MR) is 81.1 cm³/mol. The van der Waals surface area contributed by atoms with E-state index in [0.29, 0.717) is 11.6 Å². The summed E-state index contributed by atoms with van der Waals surface area (Å²) >= 11 is 6.05. The zero-order chi connectivity index (χ0) is 13.8. The van der Waals surface area contributed by atoms with Gasteiger partial charge in [0.1, 0.15) is 12.4 Å². The van der Waals surface area contributed by atoms with Crippen LogP contribution >= 0.6 is 11.6 Å². The first-order chi connectivity index (χ1) is 9.83. The van der Waals surface area contributed by atoms with E-state index < -0.39 is 0 Å². The van der Waals surface area contributed by atoms with Gasteiger partial charge in [-0.2, -0.15) is 0 Å². The zero-order valence-corrected chi connectivity index (χ0v) is 12.9. The summed E-state index contributed by atoms with van der Waals surface area (Å²) in [4.78, 5) is 0. The minimum Gasteiger partial charge on any atom is -1.00 e. The standard InChI is InChI=1S/C17H15ClNO.ClH/c18-16-7-3-4-8-17(16)20-12-11-19-10-9-14-5-1-2-6-15(14)13-19;/h1-10,13H,11-12H2;1H/q+1;/p-1. The molecule has 1 aromatic heterocycles. The van der Waals surface area contributed by atoms with Crippen molar-refractivity contribution in [3.8, 4) is 5.75 Å². The molecule has 0 fully saturated rings. The van der Waals surface area contributed by atoms with Gasteiger partial charge in [0, 0.05) is 11.5 Å². The number of rotatable bonds is 4. The quantitative estimate of drug-likeness (QED) is 0.650. The van der Waals surface area contributed by atoms with Crippen LogP contribution in [0.2, 0.25) is 5.02 Å². The summed E-state index contributed by atoms with van der Waals surface area (Å²) in [5.41, 5.74) is 0. The van der Waals surface area contributed by atoms with E-state index in [1.807, 2.05) is 36.4 Å². The van der Waals surface area contributed by atoms with Crippen molar-refractivity contribution in [3.05, 3.63) is 72.0 Å². The molecule has 0 aliphatic carbocycles. The highest BCUT2D eigenvalue weighted by molar-refractivity contribution is 6.32. The summed E-state index contributed by atoms with van der Waals surface area (Å²) in [6.07, 6.45) is 4.20. The SMILES string of the molecule is Clc1ccccc1OCC[n+]1ccc2ccccc2c1.[Cl-]. The third kappa shape index (κ3) is 3.87. The predicted octanol–water partition coefficient (Wildman–Crippen LogP) is 0.864. The van der Waals surface area contributed by atoms with Crippen LogP contribution in [0.1, 0.15) is 0 Å². The minimum atomic E-state index is 0. The fourth-order valence-corrected chi connectivity index (χ4v) is 2.33. The second-order valence-electron chi connectivity index (χ2n) is 4.59. The van der Waals surface area contributed by atoms with Crippen LogP contribution in [0.25, 0.3) is 10.8 Å². The van der Waals surface area contributed by atoms with E-state index >= 15 is 0 Å². The van der Waals surface area contributed by atoms with Gasteiger partial charge in [-0.1, -0.05) is 41.9 Å². The third-order valence-corrected chi connectivity index (χ3v) is 3.50. The molecule has 0 atom stereocenters. The van der Waals surface area contributed by atoms with Gasteiger partial charge in [0.25, 0.3) is 0 Å². The molecule has 1 heterocycles. The lowest BCUT2D eigenvalue weighted by Gasteiger charge is -2.05. The number of pyridine rings is 1. The summed E-state index contributed by atoms with van der Waals surface area (Å²) < 4.78 is 7.82. The van der Waals surface area contributed by atoms with Crippen LogP contribution < -0.4 is 21.7 Å². The number of para-hydroxylation sites is 1. The number of ether oxygens (including phenoxy) is 1. The number of benzene rings is 2. The number of hydrogen-bond donors (Lipinski definition) is 0. The summed E-state index contributed by atoms with van der Waals surface area (Å²) in [7, 11) is 0. The van der Waals surface area contributed by atoms with E-state index in [9.17, 15) is 0 Å². The van der Waals surface area contributed by atoms with Crippen molar-refractivity contribution in [2.24, 2.45) is 0 Å². The highest BCUT2D eigenvalue weighted by Gasteiger charge is 2.04. The Kier molecular flexibility index (Phi) is 5.43. The number of aromatic nitrogens is 1. The Morgan fingerprint density at radius 1 is 0.905 bits per heavy atom. The highest BCUT2D eigenvalue weighted by Crippen LogP contribution is 2.22. The molecule has 0 aliphatic heterocycles. The van der Waals surface area contributed by atoms with Crippen molar-refractivity contribution >= 4 is 22.4 Å². The van der Waals surface area contributed by atoms with Crippen LogP contribution in [-0.2, 0) is 6.54 Å². The van der Waals surface area contributed by atoms with Gasteiger partial charge in [0.2, 0.25) is 0 Å². The molecule has 2 nitrogen and oxygen atoms in total. The van der Waals surface area contributed by atoms with E-state index in [2.05, 4.69) is 35.2 Å². The highest BCUT2D eigenvalue weighted by atomic mass is 35.5. The van der Waals surface area contributed by atoms with E-state index in [-0.39, 0.29) is 12.4 Å². The Morgan fingerprint density at radius 3 is 2.43 bits per heavy atom. The van der Waals surface area contributed by atoms with Crippen molar-refractivity contribution < 1.29 is 21.7 Å². The minimum absolute atomic E-state index is 0. The fraction of sp³-hybridized carbons (Fsp3) is 0.118. The molecular formula is C17H15Cl2NO. The number of nitrogens with zero attached hydrogens (tertiary/aromatic N) is 1. The molecule has 0 spiro atoms. The molecule has 108 valence electrons. The maximum atomic E-state index is 6.05. The molecular weight excluding hydrogens is 305 g/mol. The molecule has 21 heavy (non-hydrogen) atoms. The van der Waals surface area contributed by atoms with Crippen LogP contribution in [0.15, 0.2) is 67.0 Å². The van der Waals surface area contributed by atoms with E-state index in [4.69, 9.17) is 16.3 Å². The van der Waals surface area contributed by atoms with Crippen molar-refractivity contribution in [2.75, 3.05) is 6.61 Å². The van der Waals surface area contributed by atoms with Crippen LogP contribution in [0.4, 0.5) is 0 Å². The summed E-state index contributed by atoms with van der Waals surface area (Å²) in [5.74, 6) is 0.732. The Balaban J connectivity index is 0.00000161. The Morgan fingerprint density at radius 2 is 1.62 bits per heavy atom. The van der Waals surface area contributed by atoms with Crippen LogP contribution in [-0.4, -0.2) is 6.61 Å². The molecule has 0 saturated carbocycles. The van der Waals surface area contributed by atoms with Gasteiger partial charge in [0.15, 0.2) is 18.9 Å². The van der Waals surface area contributed by atoms with Crippen LogP contribution in [0, 0.1) is 0 Å². The van der Waals surface area contributed by atoms with Crippen molar-refractivity contribution in [3.63, 3.8) is 0 Å². The van der Waals surface area contributed by atoms with Gasteiger partial charge < -0.3 is 17.1 Å². The molecule has 0 aliphatic rings. The maximum absolute atomic E-state index is 6.05. The largest absolute Gasteiger partial charge is 1.00 e. The molecule has 0 bridgehead atoms. The number of halogens is 2. The molecule has 0 radical (unpaired) electrons. The van der Waals surface area contributed by atoms with Gasteiger partial charge in [-0.05, 0) is 23.6 Å². The molecule has 4 heteroatoms. The van der Waals surface area contributed by atoms with E-state index in [1.54, 1.807) is 0 Å². The summed E-state index contributed by atoms with van der Waals surface area (Å²) in [6, 6.07) is 18.0. The molecule has 0 amide bonds. The molecule has 0 unspecified atom stereocenters. The van der Waals surface area contributed by atoms with Crippen LogP contribution in [0.3, 0.4) is 0 Å². The fourth-order valence-electron chi connectivity index (χ4n) is 2.14. The smallest absolute Gasteiger partial charge is 0.182 e. The maximum Gasteiger partial charge on any atom is 0.182 e. The molecule has 3 rings (SSSR count). The summed E-state index contributed by atoms with van der Waals surface area (Å²) in [6.45, 7) is 1.38. The normalized spacial score (nSPS) is 10.1. The lowest BCUT2D eigenvalue weighted by molar-refractivity contribution is -0.696. The average Bonchev–Trinajstić information content (AvgIpc) is 2.49. The van der Waals surface area contributed by atoms with Gasteiger partial charge in [-0.25, -0.2) is 4.57 Å². The Bertz CT molecular complexity index is 731. The van der Waals surface area contributed by atoms with Crippen molar-refractivity contribution in [2.45, 2.75) is 6.54 Å². The first-order valence-electron chi connectivity index (χ1n) is 6.58. The van der Waals surface area contributed by atoms with E-state index in [0.717, 1.165) is 12.3 Å². The molecule has 0 N–H and O–H groups in total. The lowest BCUT2D eigenvalue weighted by atomic mass is 10.2. The number of hydrogen-bond acceptors (Lipinski definition) is 1. The Hall–Kier alpha value is -1.77. The zero-order valence-electron chi connectivity index (χ0n) is 11.4. The summed E-state index contributed by atoms with van der Waals surface area (Å²) in [5, 5.41) is 3.12. The second kappa shape index (κ2) is 7.30. The number of fused-ring (bicyclic) bond motifs is 1.